The first-order chi connectivity index (χ1) is 20.6. The first kappa shape index (κ1) is 42.2. The molecule has 1 aliphatic rings. The molecule has 5 N–H and O–H groups in total. The van der Waals surface area contributed by atoms with Crippen LogP contribution in [0.1, 0.15) is 55.4 Å². The topological polar surface area (TPSA) is 147 Å². The van der Waals surface area contributed by atoms with Crippen molar-refractivity contribution in [1.29, 1.82) is 0 Å². The fourth-order valence-corrected chi connectivity index (χ4v) is 7.84. The van der Waals surface area contributed by atoms with E-state index in [9.17, 15) is 14.4 Å². The Kier molecular flexibility index (Phi) is 16.5. The highest BCUT2D eigenvalue weighted by Gasteiger charge is 2.53. The number of thioether (sulfide) groups is 3. The zero-order valence-corrected chi connectivity index (χ0v) is 32.2. The summed E-state index contributed by atoms with van der Waals surface area (Å²) < 4.78 is 17.0. The molecule has 0 aromatic carbocycles. The van der Waals surface area contributed by atoms with Gasteiger partial charge in [0.1, 0.15) is 20.3 Å². The standard InChI is InChI=1S/C30H60N6O6S3/c1-26(2)35(10)16-17-36(26)22(19-44-28(5,6)41-12)24(38)34-30(25(31)39,20-45-29(7,8)42-13)21(18-43-27(3,4)40-11)23(37)33-15-14-32-9/h21-22,32H,14-20H2,1-13H3,(H2,31,39)(H,33,37)(H,34,38)/t21-,22-,30?/m0/s1. The molecular weight excluding hydrogens is 637 g/mol. The minimum Gasteiger partial charge on any atom is -0.368 e. The summed E-state index contributed by atoms with van der Waals surface area (Å²) in [5, 5.41) is 9.06. The van der Waals surface area contributed by atoms with Crippen LogP contribution in [-0.2, 0) is 28.6 Å². The van der Waals surface area contributed by atoms with Gasteiger partial charge >= 0.3 is 0 Å². The van der Waals surface area contributed by atoms with Crippen LogP contribution in [0, 0.1) is 5.92 Å². The van der Waals surface area contributed by atoms with Crippen LogP contribution in [0.2, 0.25) is 0 Å². The molecule has 3 amide bonds. The number of carbonyl (C=O) groups is 3. The number of carbonyl (C=O) groups excluding carboxylic acids is 3. The highest BCUT2D eigenvalue weighted by Crippen LogP contribution is 2.37. The Morgan fingerprint density at radius 1 is 0.844 bits per heavy atom. The molecule has 45 heavy (non-hydrogen) atoms. The maximum atomic E-state index is 14.6. The average Bonchev–Trinajstić information content (AvgIpc) is 3.23. The van der Waals surface area contributed by atoms with Crippen molar-refractivity contribution in [2.75, 3.05) is 78.9 Å². The number of hydrogen-bond donors (Lipinski definition) is 4. The number of rotatable bonds is 21. The van der Waals surface area contributed by atoms with Gasteiger partial charge in [0.15, 0.2) is 0 Å². The highest BCUT2D eigenvalue weighted by atomic mass is 32.2. The molecule has 1 heterocycles. The van der Waals surface area contributed by atoms with E-state index < -0.39 is 43.9 Å². The number of nitrogens with two attached hydrogens (primary N) is 1. The van der Waals surface area contributed by atoms with Crippen LogP contribution in [0.4, 0.5) is 0 Å². The Morgan fingerprint density at radius 2 is 1.36 bits per heavy atom. The molecule has 1 rings (SSSR count). The quantitative estimate of drug-likeness (QED) is 0.103. The molecule has 264 valence electrons. The Balaban J connectivity index is 3.78. The maximum Gasteiger partial charge on any atom is 0.244 e. The molecule has 0 aromatic heterocycles. The van der Waals surface area contributed by atoms with E-state index in [4.69, 9.17) is 19.9 Å². The van der Waals surface area contributed by atoms with E-state index in [1.165, 1.54) is 35.3 Å². The molecule has 12 nitrogen and oxygen atoms in total. The van der Waals surface area contributed by atoms with Crippen LogP contribution < -0.4 is 21.7 Å². The minimum atomic E-state index is -1.76. The fourth-order valence-electron chi connectivity index (χ4n) is 4.60. The molecule has 1 unspecified atom stereocenters. The number of amides is 3. The van der Waals surface area contributed by atoms with Crippen LogP contribution in [0.5, 0.6) is 0 Å². The number of likely N-dealkylation sites (N-methyl/N-ethyl adjacent to an activating group) is 2. The third kappa shape index (κ3) is 12.0. The maximum absolute atomic E-state index is 14.6. The van der Waals surface area contributed by atoms with Crippen molar-refractivity contribution >= 4 is 53.0 Å². The van der Waals surface area contributed by atoms with E-state index in [-0.39, 0.29) is 23.3 Å². The van der Waals surface area contributed by atoms with Crippen molar-refractivity contribution in [3.8, 4) is 0 Å². The van der Waals surface area contributed by atoms with Crippen LogP contribution in [0.25, 0.3) is 0 Å². The van der Waals surface area contributed by atoms with Crippen LogP contribution in [-0.4, -0.2) is 138 Å². The van der Waals surface area contributed by atoms with Gasteiger partial charge in [0, 0.05) is 64.8 Å². The van der Waals surface area contributed by atoms with Gasteiger partial charge in [0.25, 0.3) is 0 Å². The molecule has 0 saturated carbocycles. The number of ether oxygens (including phenoxy) is 3. The SMILES string of the molecule is CNCCNC(=O)[C@H](CSC(C)(C)OC)C(CSC(C)(C)OC)(NC(=O)[C@H](CSC(C)(C)OC)N1CCN(C)C1(C)C)C(N)=O. The van der Waals surface area contributed by atoms with Crippen molar-refractivity contribution < 1.29 is 28.6 Å². The van der Waals surface area contributed by atoms with Crippen LogP contribution >= 0.6 is 35.3 Å². The van der Waals surface area contributed by atoms with E-state index in [2.05, 4.69) is 39.6 Å². The van der Waals surface area contributed by atoms with E-state index in [0.29, 0.717) is 25.4 Å². The monoisotopic (exact) mass is 696 g/mol. The number of nitrogens with zero attached hydrogens (tertiary/aromatic N) is 2. The molecule has 0 aromatic rings. The molecule has 15 heteroatoms. The van der Waals surface area contributed by atoms with Crippen molar-refractivity contribution in [2.24, 2.45) is 11.7 Å². The summed E-state index contributed by atoms with van der Waals surface area (Å²) in [7, 11) is 8.62. The Labute approximate surface area is 284 Å². The summed E-state index contributed by atoms with van der Waals surface area (Å²) in [5.41, 5.74) is 4.07. The number of methoxy groups -OCH3 is 3. The zero-order valence-electron chi connectivity index (χ0n) is 29.8. The minimum absolute atomic E-state index is 0.0136. The molecule has 0 bridgehead atoms. The van der Waals surface area contributed by atoms with Crippen molar-refractivity contribution in [3.63, 3.8) is 0 Å². The van der Waals surface area contributed by atoms with Crippen LogP contribution in [0.15, 0.2) is 0 Å². The van der Waals surface area contributed by atoms with E-state index in [1.807, 2.05) is 48.6 Å². The average molecular weight is 697 g/mol. The smallest absolute Gasteiger partial charge is 0.244 e. The number of primary amides is 1. The lowest BCUT2D eigenvalue weighted by atomic mass is 9.84. The first-order valence-corrected chi connectivity index (χ1v) is 18.2. The van der Waals surface area contributed by atoms with Crippen molar-refractivity contribution in [3.05, 3.63) is 0 Å². The summed E-state index contributed by atoms with van der Waals surface area (Å²) in [6.45, 7) is 17.8. The summed E-state index contributed by atoms with van der Waals surface area (Å²) in [4.78, 5) is 44.8. The predicted molar refractivity (Wildman–Crippen MR) is 188 cm³/mol. The van der Waals surface area contributed by atoms with Gasteiger partial charge in [-0.2, -0.15) is 0 Å². The molecule has 1 fully saturated rings. The van der Waals surface area contributed by atoms with Gasteiger partial charge in [0.05, 0.1) is 17.6 Å². The van der Waals surface area contributed by atoms with Crippen LogP contribution in [0.3, 0.4) is 0 Å². The van der Waals surface area contributed by atoms with Gasteiger partial charge in [-0.15, -0.1) is 35.3 Å². The van der Waals surface area contributed by atoms with Gasteiger partial charge in [-0.1, -0.05) is 0 Å². The fraction of sp³-hybridized carbons (Fsp3) is 0.900. The molecular formula is C30H60N6O6S3. The Bertz CT molecular complexity index is 986. The molecule has 1 saturated heterocycles. The highest BCUT2D eigenvalue weighted by molar-refractivity contribution is 8.01. The molecule has 0 aliphatic carbocycles. The van der Waals surface area contributed by atoms with E-state index >= 15 is 0 Å². The van der Waals surface area contributed by atoms with Gasteiger partial charge in [-0.25, -0.2) is 0 Å². The third-order valence-corrected chi connectivity index (χ3v) is 12.8. The number of hydrogen-bond acceptors (Lipinski definition) is 12. The van der Waals surface area contributed by atoms with E-state index in [0.717, 1.165) is 6.54 Å². The van der Waals surface area contributed by atoms with Gasteiger partial charge in [-0.05, 0) is 69.5 Å². The lowest BCUT2D eigenvalue weighted by Crippen LogP contribution is -2.70. The third-order valence-electron chi connectivity index (χ3n) is 8.67. The predicted octanol–water partition coefficient (Wildman–Crippen LogP) is 1.98. The first-order valence-electron chi connectivity index (χ1n) is 15.2. The normalized spacial score (nSPS) is 19.1. The molecule has 0 spiro atoms. The number of nitrogens with one attached hydrogen (secondary N) is 3. The summed E-state index contributed by atoms with van der Waals surface area (Å²) in [6, 6.07) is -0.653. The largest absolute Gasteiger partial charge is 0.368 e. The van der Waals surface area contributed by atoms with Gasteiger partial charge < -0.3 is 35.9 Å². The molecule has 3 atom stereocenters. The second-order valence-corrected chi connectivity index (χ2v) is 17.9. The molecule has 1 aliphatic heterocycles. The van der Waals surface area contributed by atoms with Crippen molar-refractivity contribution in [1.82, 2.24) is 25.8 Å². The second kappa shape index (κ2) is 17.6. The summed E-state index contributed by atoms with van der Waals surface area (Å²) in [5.74, 6) is -2.00. The summed E-state index contributed by atoms with van der Waals surface area (Å²) in [6.07, 6.45) is 0. The second-order valence-electron chi connectivity index (χ2n) is 13.1. The summed E-state index contributed by atoms with van der Waals surface area (Å²) >= 11 is 4.21. The Hall–Kier alpha value is -0.780. The van der Waals surface area contributed by atoms with Gasteiger partial charge in [0.2, 0.25) is 17.7 Å². The lowest BCUT2D eigenvalue weighted by molar-refractivity contribution is -0.140. The molecule has 0 radical (unpaired) electrons. The lowest BCUT2D eigenvalue weighted by Gasteiger charge is -2.44. The zero-order chi connectivity index (χ0) is 34.9. The Morgan fingerprint density at radius 3 is 1.80 bits per heavy atom. The van der Waals surface area contributed by atoms with Crippen molar-refractivity contribution in [2.45, 2.75) is 87.4 Å². The van der Waals surface area contributed by atoms with E-state index in [1.54, 1.807) is 28.4 Å². The van der Waals surface area contributed by atoms with Gasteiger partial charge in [-0.3, -0.25) is 24.2 Å².